The normalized spacial score (nSPS) is 9.12. The zero-order chi connectivity index (χ0) is 11.4. The molecule has 0 saturated heterocycles. The van der Waals surface area contributed by atoms with Gasteiger partial charge in [-0.2, -0.15) is 10.5 Å². The van der Waals surface area contributed by atoms with Crippen molar-refractivity contribution >= 4 is 0 Å². The van der Waals surface area contributed by atoms with Crippen molar-refractivity contribution in [2.24, 2.45) is 0 Å². The summed E-state index contributed by atoms with van der Waals surface area (Å²) >= 11 is 0. The van der Waals surface area contributed by atoms with Crippen LogP contribution >= 0.6 is 0 Å². The Morgan fingerprint density at radius 3 is 2.31 bits per heavy atom. The zero-order valence-corrected chi connectivity index (χ0v) is 8.38. The minimum Gasteiger partial charge on any atom is -0.265 e. The molecular formula is C13H7N3. The molecule has 0 saturated carbocycles. The molecule has 0 N–H and O–H groups in total. The summed E-state index contributed by atoms with van der Waals surface area (Å²) in [6.45, 7) is 0. The maximum absolute atomic E-state index is 8.99. The fourth-order valence-corrected chi connectivity index (χ4v) is 1.48. The van der Waals surface area contributed by atoms with E-state index in [1.807, 2.05) is 12.1 Å². The summed E-state index contributed by atoms with van der Waals surface area (Å²) in [5.74, 6) is 0. The highest BCUT2D eigenvalue weighted by molar-refractivity contribution is 5.71. The molecule has 2 rings (SSSR count). The molecule has 0 aliphatic rings. The van der Waals surface area contributed by atoms with E-state index in [1.54, 1.807) is 30.6 Å². The van der Waals surface area contributed by atoms with Gasteiger partial charge in [0, 0.05) is 18.0 Å². The first-order valence-electron chi connectivity index (χ1n) is 4.70. The quantitative estimate of drug-likeness (QED) is 0.718. The van der Waals surface area contributed by atoms with Gasteiger partial charge in [0.15, 0.2) is 0 Å². The number of pyridine rings is 1. The van der Waals surface area contributed by atoms with Crippen LogP contribution < -0.4 is 0 Å². The molecule has 16 heavy (non-hydrogen) atoms. The maximum atomic E-state index is 8.99. The highest BCUT2D eigenvalue weighted by atomic mass is 14.6. The fraction of sp³-hybridized carbons (Fsp3) is 0. The summed E-state index contributed by atoms with van der Waals surface area (Å²) in [5, 5.41) is 17.8. The van der Waals surface area contributed by atoms with Crippen LogP contribution in [0.1, 0.15) is 11.1 Å². The minimum atomic E-state index is 0.547. The lowest BCUT2D eigenvalue weighted by Crippen LogP contribution is -1.86. The molecule has 1 aromatic carbocycles. The number of nitriles is 2. The Hall–Kier alpha value is -2.65. The topological polar surface area (TPSA) is 60.5 Å². The number of hydrogen-bond acceptors (Lipinski definition) is 3. The average molecular weight is 205 g/mol. The van der Waals surface area contributed by atoms with Gasteiger partial charge in [-0.1, -0.05) is 0 Å². The van der Waals surface area contributed by atoms with Gasteiger partial charge in [0.25, 0.3) is 0 Å². The third-order valence-corrected chi connectivity index (χ3v) is 2.26. The van der Waals surface area contributed by atoms with Crippen LogP contribution in [0.2, 0.25) is 0 Å². The second-order valence-electron chi connectivity index (χ2n) is 3.22. The number of nitrogens with zero attached hydrogens (tertiary/aromatic N) is 3. The smallest absolute Gasteiger partial charge is 0.0998 e. The van der Waals surface area contributed by atoms with Crippen LogP contribution in [0.25, 0.3) is 11.1 Å². The molecule has 0 unspecified atom stereocenters. The van der Waals surface area contributed by atoms with Gasteiger partial charge in [-0.15, -0.1) is 0 Å². The second kappa shape index (κ2) is 4.25. The van der Waals surface area contributed by atoms with Crippen LogP contribution in [0.3, 0.4) is 0 Å². The van der Waals surface area contributed by atoms with Gasteiger partial charge < -0.3 is 0 Å². The van der Waals surface area contributed by atoms with E-state index in [0.29, 0.717) is 11.1 Å². The predicted molar refractivity (Wildman–Crippen MR) is 59.1 cm³/mol. The van der Waals surface area contributed by atoms with Crippen LogP contribution in [0.5, 0.6) is 0 Å². The van der Waals surface area contributed by atoms with Crippen LogP contribution in [-0.4, -0.2) is 4.98 Å². The summed E-state index contributed by atoms with van der Waals surface area (Å²) in [6.07, 6.45) is 3.32. The van der Waals surface area contributed by atoms with Gasteiger partial charge >= 0.3 is 0 Å². The molecule has 74 valence electrons. The van der Waals surface area contributed by atoms with E-state index in [2.05, 4.69) is 17.1 Å². The van der Waals surface area contributed by atoms with Crippen molar-refractivity contribution in [3.05, 3.63) is 53.9 Å². The molecule has 1 aromatic heterocycles. The van der Waals surface area contributed by atoms with Crippen molar-refractivity contribution in [2.45, 2.75) is 0 Å². The number of rotatable bonds is 1. The summed E-state index contributed by atoms with van der Waals surface area (Å²) in [7, 11) is 0. The Kier molecular flexibility index (Phi) is 2.63. The Morgan fingerprint density at radius 1 is 0.938 bits per heavy atom. The van der Waals surface area contributed by atoms with Crippen LogP contribution in [0, 0.1) is 22.7 Å². The van der Waals surface area contributed by atoms with Crippen molar-refractivity contribution in [2.75, 3.05) is 0 Å². The molecular weight excluding hydrogens is 198 g/mol. The molecule has 0 bridgehead atoms. The third-order valence-electron chi connectivity index (χ3n) is 2.26. The molecule has 0 fully saturated rings. The van der Waals surface area contributed by atoms with Crippen molar-refractivity contribution in [1.82, 2.24) is 4.98 Å². The zero-order valence-electron chi connectivity index (χ0n) is 8.38. The average Bonchev–Trinajstić information content (AvgIpc) is 2.39. The summed E-state index contributed by atoms with van der Waals surface area (Å²) in [4.78, 5) is 3.92. The molecule has 0 radical (unpaired) electrons. The van der Waals surface area contributed by atoms with Crippen molar-refractivity contribution in [3.63, 3.8) is 0 Å². The van der Waals surface area contributed by atoms with E-state index >= 15 is 0 Å². The Labute approximate surface area is 93.2 Å². The largest absolute Gasteiger partial charge is 0.265 e. The van der Waals surface area contributed by atoms with E-state index in [9.17, 15) is 0 Å². The minimum absolute atomic E-state index is 0.547. The first-order valence-corrected chi connectivity index (χ1v) is 4.70. The van der Waals surface area contributed by atoms with E-state index < -0.39 is 0 Å². The first-order chi connectivity index (χ1) is 7.85. The highest BCUT2D eigenvalue weighted by Crippen LogP contribution is 2.23. The Bertz CT molecular complexity index is 589. The Morgan fingerprint density at radius 2 is 1.69 bits per heavy atom. The van der Waals surface area contributed by atoms with Gasteiger partial charge in [0.1, 0.15) is 0 Å². The number of benzene rings is 1. The monoisotopic (exact) mass is 205 g/mol. The molecule has 0 amide bonds. The Balaban J connectivity index is 2.65. The first kappa shape index (κ1) is 9.89. The third kappa shape index (κ3) is 1.75. The van der Waals surface area contributed by atoms with E-state index in [1.165, 1.54) is 0 Å². The van der Waals surface area contributed by atoms with Crippen molar-refractivity contribution in [3.8, 4) is 23.3 Å². The molecule has 1 heterocycles. The number of hydrogen-bond donors (Lipinski definition) is 0. The molecule has 3 heteroatoms. The molecule has 0 aliphatic carbocycles. The van der Waals surface area contributed by atoms with Crippen LogP contribution in [0.15, 0.2) is 42.7 Å². The molecule has 0 atom stereocenters. The van der Waals surface area contributed by atoms with Crippen LogP contribution in [0.4, 0.5) is 0 Å². The summed E-state index contributed by atoms with van der Waals surface area (Å²) in [5.41, 5.74) is 2.77. The molecule has 0 spiro atoms. The highest BCUT2D eigenvalue weighted by Gasteiger charge is 2.05. The predicted octanol–water partition coefficient (Wildman–Crippen LogP) is 2.49. The van der Waals surface area contributed by atoms with Gasteiger partial charge in [-0.05, 0) is 35.9 Å². The summed E-state index contributed by atoms with van der Waals surface area (Å²) < 4.78 is 0. The van der Waals surface area contributed by atoms with Crippen LogP contribution in [-0.2, 0) is 0 Å². The standard InChI is InChI=1S/C13H7N3/c14-8-10-1-2-12(9-15)13(7-10)11-3-5-16-6-4-11/h1-7H. The van der Waals surface area contributed by atoms with E-state index in [4.69, 9.17) is 10.5 Å². The number of aromatic nitrogens is 1. The lowest BCUT2D eigenvalue weighted by atomic mass is 9.99. The van der Waals surface area contributed by atoms with E-state index in [-0.39, 0.29) is 0 Å². The van der Waals surface area contributed by atoms with Gasteiger partial charge in [-0.3, -0.25) is 4.98 Å². The van der Waals surface area contributed by atoms with E-state index in [0.717, 1.165) is 11.1 Å². The van der Waals surface area contributed by atoms with Crippen molar-refractivity contribution < 1.29 is 0 Å². The SMILES string of the molecule is N#Cc1ccc(C#N)c(-c2ccncc2)c1. The maximum Gasteiger partial charge on any atom is 0.0998 e. The molecule has 0 aliphatic heterocycles. The summed E-state index contributed by atoms with van der Waals surface area (Å²) in [6, 6.07) is 12.8. The van der Waals surface area contributed by atoms with Gasteiger partial charge in [0.2, 0.25) is 0 Å². The second-order valence-corrected chi connectivity index (χ2v) is 3.22. The molecule has 2 aromatic rings. The van der Waals surface area contributed by atoms with Crippen molar-refractivity contribution in [1.29, 1.82) is 10.5 Å². The lowest BCUT2D eigenvalue weighted by Gasteiger charge is -2.03. The van der Waals surface area contributed by atoms with Gasteiger partial charge in [-0.25, -0.2) is 0 Å². The fourth-order valence-electron chi connectivity index (χ4n) is 1.48. The van der Waals surface area contributed by atoms with Gasteiger partial charge in [0.05, 0.1) is 23.3 Å². The molecule has 3 nitrogen and oxygen atoms in total. The lowest BCUT2D eigenvalue weighted by molar-refractivity contribution is 1.33.